The van der Waals surface area contributed by atoms with Gasteiger partial charge in [-0.3, -0.25) is 4.68 Å². The van der Waals surface area contributed by atoms with Gasteiger partial charge in [0.1, 0.15) is 5.60 Å². The second-order valence-electron chi connectivity index (χ2n) is 4.27. The molecule has 74 valence electrons. The molecular weight excluding hydrogens is 164 g/mol. The van der Waals surface area contributed by atoms with Crippen LogP contribution >= 0.6 is 0 Å². The average molecular weight is 182 g/mol. The normalized spacial score (nSPS) is 12.5. The standard InChI is InChI=1S/C10H18N2O/c1-7(2)12-8(3)6-9(11-12)10(4,5)13/h6-7,13H,1-5H3. The fourth-order valence-electron chi connectivity index (χ4n) is 1.31. The molecule has 0 unspecified atom stereocenters. The van der Waals surface area contributed by atoms with Gasteiger partial charge in [-0.1, -0.05) is 0 Å². The lowest BCUT2D eigenvalue weighted by Gasteiger charge is -2.13. The van der Waals surface area contributed by atoms with Gasteiger partial charge in [0.25, 0.3) is 0 Å². The summed E-state index contributed by atoms with van der Waals surface area (Å²) < 4.78 is 1.92. The third-order valence-corrected chi connectivity index (χ3v) is 2.04. The molecule has 1 heterocycles. The maximum absolute atomic E-state index is 9.73. The van der Waals surface area contributed by atoms with Crippen molar-refractivity contribution in [2.75, 3.05) is 0 Å². The molecule has 13 heavy (non-hydrogen) atoms. The van der Waals surface area contributed by atoms with Crippen LogP contribution in [0.25, 0.3) is 0 Å². The monoisotopic (exact) mass is 182 g/mol. The lowest BCUT2D eigenvalue weighted by molar-refractivity contribution is 0.0729. The van der Waals surface area contributed by atoms with E-state index in [0.717, 1.165) is 11.4 Å². The predicted molar refractivity (Wildman–Crippen MR) is 52.6 cm³/mol. The predicted octanol–water partition coefficient (Wildman–Crippen LogP) is 2.00. The molecule has 0 amide bonds. The Morgan fingerprint density at radius 3 is 2.23 bits per heavy atom. The van der Waals surface area contributed by atoms with E-state index in [4.69, 9.17) is 0 Å². The van der Waals surface area contributed by atoms with Crippen LogP contribution in [0.4, 0.5) is 0 Å². The summed E-state index contributed by atoms with van der Waals surface area (Å²) in [5.41, 5.74) is 0.982. The molecule has 1 N–H and O–H groups in total. The minimum absolute atomic E-state index is 0.344. The van der Waals surface area contributed by atoms with Crippen LogP contribution in [-0.2, 0) is 5.60 Å². The molecule has 0 aliphatic carbocycles. The Kier molecular flexibility index (Phi) is 2.48. The number of aliphatic hydroxyl groups is 1. The number of hydrogen-bond acceptors (Lipinski definition) is 2. The quantitative estimate of drug-likeness (QED) is 0.759. The summed E-state index contributed by atoms with van der Waals surface area (Å²) in [6.45, 7) is 9.66. The van der Waals surface area contributed by atoms with Crippen molar-refractivity contribution in [3.8, 4) is 0 Å². The van der Waals surface area contributed by atoms with E-state index < -0.39 is 5.60 Å². The third-order valence-electron chi connectivity index (χ3n) is 2.04. The molecule has 0 fully saturated rings. The van der Waals surface area contributed by atoms with E-state index in [1.54, 1.807) is 13.8 Å². The Labute approximate surface area is 79.4 Å². The van der Waals surface area contributed by atoms with Gasteiger partial charge in [0.05, 0.1) is 5.69 Å². The Balaban J connectivity index is 3.10. The van der Waals surface area contributed by atoms with Gasteiger partial charge in [-0.15, -0.1) is 0 Å². The zero-order valence-electron chi connectivity index (χ0n) is 9.00. The number of nitrogens with zero attached hydrogens (tertiary/aromatic N) is 2. The summed E-state index contributed by atoms with van der Waals surface area (Å²) in [4.78, 5) is 0. The SMILES string of the molecule is Cc1cc(C(C)(C)O)nn1C(C)C. The Bertz CT molecular complexity index is 294. The fraction of sp³-hybridized carbons (Fsp3) is 0.700. The zero-order valence-corrected chi connectivity index (χ0v) is 9.00. The molecule has 0 aliphatic heterocycles. The summed E-state index contributed by atoms with van der Waals surface area (Å²) in [7, 11) is 0. The maximum atomic E-state index is 9.73. The fourth-order valence-corrected chi connectivity index (χ4v) is 1.31. The summed E-state index contributed by atoms with van der Waals surface area (Å²) in [5, 5.41) is 14.1. The summed E-state index contributed by atoms with van der Waals surface area (Å²) in [6.07, 6.45) is 0. The van der Waals surface area contributed by atoms with Crippen molar-refractivity contribution < 1.29 is 5.11 Å². The topological polar surface area (TPSA) is 38.1 Å². The summed E-state index contributed by atoms with van der Waals surface area (Å²) in [5.74, 6) is 0. The van der Waals surface area contributed by atoms with E-state index >= 15 is 0 Å². The van der Waals surface area contributed by atoms with Gasteiger partial charge in [0.15, 0.2) is 0 Å². The van der Waals surface area contributed by atoms with Crippen molar-refractivity contribution in [1.29, 1.82) is 0 Å². The molecule has 0 radical (unpaired) electrons. The van der Waals surface area contributed by atoms with Crippen LogP contribution in [0.3, 0.4) is 0 Å². The second kappa shape index (κ2) is 3.14. The molecule has 1 aromatic heterocycles. The minimum Gasteiger partial charge on any atom is -0.384 e. The minimum atomic E-state index is -0.842. The van der Waals surface area contributed by atoms with Crippen molar-refractivity contribution in [1.82, 2.24) is 9.78 Å². The largest absolute Gasteiger partial charge is 0.384 e. The molecule has 0 aliphatic rings. The molecular formula is C10H18N2O. The van der Waals surface area contributed by atoms with Gasteiger partial charge in [-0.05, 0) is 40.7 Å². The van der Waals surface area contributed by atoms with Gasteiger partial charge < -0.3 is 5.11 Å². The highest BCUT2D eigenvalue weighted by molar-refractivity contribution is 5.14. The maximum Gasteiger partial charge on any atom is 0.103 e. The first-order valence-corrected chi connectivity index (χ1v) is 4.61. The van der Waals surface area contributed by atoms with Crippen molar-refractivity contribution in [3.05, 3.63) is 17.5 Å². The average Bonchev–Trinajstić information content (AvgIpc) is 2.29. The first kappa shape index (κ1) is 10.3. The van der Waals surface area contributed by atoms with E-state index in [-0.39, 0.29) is 0 Å². The van der Waals surface area contributed by atoms with Crippen LogP contribution in [0.5, 0.6) is 0 Å². The molecule has 0 aromatic carbocycles. The molecule has 0 atom stereocenters. The number of rotatable bonds is 2. The van der Waals surface area contributed by atoms with E-state index in [0.29, 0.717) is 6.04 Å². The lowest BCUT2D eigenvalue weighted by atomic mass is 10.1. The molecule has 1 aromatic rings. The molecule has 0 saturated carbocycles. The van der Waals surface area contributed by atoms with Gasteiger partial charge in [-0.25, -0.2) is 0 Å². The van der Waals surface area contributed by atoms with Crippen LogP contribution in [0, 0.1) is 6.92 Å². The summed E-state index contributed by atoms with van der Waals surface area (Å²) >= 11 is 0. The van der Waals surface area contributed by atoms with Crippen LogP contribution < -0.4 is 0 Å². The smallest absolute Gasteiger partial charge is 0.103 e. The van der Waals surface area contributed by atoms with E-state index in [1.165, 1.54) is 0 Å². The van der Waals surface area contributed by atoms with Crippen LogP contribution in [0.15, 0.2) is 6.07 Å². The van der Waals surface area contributed by atoms with Crippen LogP contribution in [0.2, 0.25) is 0 Å². The molecule has 0 spiro atoms. The van der Waals surface area contributed by atoms with Crippen molar-refractivity contribution >= 4 is 0 Å². The molecule has 0 saturated heterocycles. The summed E-state index contributed by atoms with van der Waals surface area (Å²) in [6, 6.07) is 2.27. The number of hydrogen-bond donors (Lipinski definition) is 1. The number of aromatic nitrogens is 2. The van der Waals surface area contributed by atoms with Gasteiger partial charge in [0.2, 0.25) is 0 Å². The van der Waals surface area contributed by atoms with E-state index in [2.05, 4.69) is 18.9 Å². The van der Waals surface area contributed by atoms with E-state index in [9.17, 15) is 5.11 Å². The van der Waals surface area contributed by atoms with Crippen molar-refractivity contribution in [3.63, 3.8) is 0 Å². The highest BCUT2D eigenvalue weighted by atomic mass is 16.3. The van der Waals surface area contributed by atoms with Crippen molar-refractivity contribution in [2.45, 2.75) is 46.3 Å². The Morgan fingerprint density at radius 1 is 1.46 bits per heavy atom. The zero-order chi connectivity index (χ0) is 10.2. The number of aryl methyl sites for hydroxylation is 1. The molecule has 1 rings (SSSR count). The molecule has 0 bridgehead atoms. The van der Waals surface area contributed by atoms with Gasteiger partial charge in [-0.2, -0.15) is 5.10 Å². The van der Waals surface area contributed by atoms with E-state index in [1.807, 2.05) is 17.7 Å². The molecule has 3 nitrogen and oxygen atoms in total. The Morgan fingerprint density at radius 2 is 2.00 bits per heavy atom. The highest BCUT2D eigenvalue weighted by Gasteiger charge is 2.21. The van der Waals surface area contributed by atoms with Crippen LogP contribution in [0.1, 0.15) is 45.1 Å². The second-order valence-corrected chi connectivity index (χ2v) is 4.27. The van der Waals surface area contributed by atoms with Crippen molar-refractivity contribution in [2.24, 2.45) is 0 Å². The third kappa shape index (κ3) is 2.10. The van der Waals surface area contributed by atoms with Gasteiger partial charge >= 0.3 is 0 Å². The Hall–Kier alpha value is -0.830. The highest BCUT2D eigenvalue weighted by Crippen LogP contribution is 2.20. The van der Waals surface area contributed by atoms with Crippen LogP contribution in [-0.4, -0.2) is 14.9 Å². The molecule has 3 heteroatoms. The van der Waals surface area contributed by atoms with Gasteiger partial charge in [0, 0.05) is 11.7 Å². The lowest BCUT2D eigenvalue weighted by Crippen LogP contribution is -2.17. The first-order valence-electron chi connectivity index (χ1n) is 4.61. The first-order chi connectivity index (χ1) is 5.82.